The first-order valence-electron chi connectivity index (χ1n) is 11.6. The number of ether oxygens (including phenoxy) is 1. The van der Waals surface area contributed by atoms with Crippen LogP contribution < -0.4 is 19.6 Å². The SMILES string of the molecule is CC1(C)C[C@@]2(C[C@H](c3ccccc3)Oc3cc(OS(=O)(=O)c4ccccc4[N+](=O)[O-])ccc32)NC(=S)N1. The molecule has 2 N–H and O–H groups in total. The van der Waals surface area contributed by atoms with E-state index in [2.05, 4.69) is 24.5 Å². The van der Waals surface area contributed by atoms with Gasteiger partial charge in [0.15, 0.2) is 10.0 Å². The van der Waals surface area contributed by atoms with Crippen molar-refractivity contribution >= 4 is 33.1 Å². The third-order valence-corrected chi connectivity index (χ3v) is 8.03. The Balaban J connectivity index is 1.57. The fourth-order valence-electron chi connectivity index (χ4n) is 5.20. The van der Waals surface area contributed by atoms with Crippen LogP contribution in [0.25, 0.3) is 0 Å². The third-order valence-electron chi connectivity index (χ3n) is 6.53. The number of hydrogen-bond acceptors (Lipinski definition) is 7. The zero-order valence-electron chi connectivity index (χ0n) is 20.1. The average molecular weight is 540 g/mol. The normalized spacial score (nSPS) is 22.2. The molecule has 3 aromatic rings. The predicted molar refractivity (Wildman–Crippen MR) is 141 cm³/mol. The van der Waals surface area contributed by atoms with Gasteiger partial charge in [-0.05, 0) is 56.2 Å². The number of benzene rings is 3. The van der Waals surface area contributed by atoms with Gasteiger partial charge in [-0.25, -0.2) is 0 Å². The molecule has 0 saturated carbocycles. The molecular formula is C26H25N3O6S2. The van der Waals surface area contributed by atoms with E-state index in [0.717, 1.165) is 23.3 Å². The number of hydrogen-bond donors (Lipinski definition) is 2. The summed E-state index contributed by atoms with van der Waals surface area (Å²) < 4.78 is 37.7. The number of fused-ring (bicyclic) bond motifs is 2. The minimum Gasteiger partial charge on any atom is -0.485 e. The van der Waals surface area contributed by atoms with Gasteiger partial charge in [-0.2, -0.15) is 8.42 Å². The van der Waals surface area contributed by atoms with Gasteiger partial charge in [-0.15, -0.1) is 0 Å². The molecule has 0 unspecified atom stereocenters. The number of thiocarbonyl (C=S) groups is 1. The summed E-state index contributed by atoms with van der Waals surface area (Å²) in [5, 5.41) is 18.7. The van der Waals surface area contributed by atoms with Crippen molar-refractivity contribution in [2.75, 3.05) is 0 Å². The molecule has 9 nitrogen and oxygen atoms in total. The standard InChI is InChI=1S/C26H25N3O6S2/c1-25(2)16-26(28-24(36)27-25)15-22(17-8-4-3-5-9-17)34-21-14-18(12-13-19(21)26)35-37(32,33)23-11-7-6-10-20(23)29(30)31/h3-14,22H,15-16H2,1-2H3,(H2,27,28,36)/t22-,26-/m1/s1. The number of nitro benzene ring substituents is 1. The van der Waals surface area contributed by atoms with Gasteiger partial charge in [-0.3, -0.25) is 10.1 Å². The summed E-state index contributed by atoms with van der Waals surface area (Å²) in [5.74, 6) is 0.430. The minimum atomic E-state index is -4.49. The van der Waals surface area contributed by atoms with Crippen LogP contribution in [-0.4, -0.2) is 24.0 Å². The van der Waals surface area contributed by atoms with Crippen molar-refractivity contribution in [1.29, 1.82) is 0 Å². The van der Waals surface area contributed by atoms with E-state index in [9.17, 15) is 18.5 Å². The molecule has 37 heavy (non-hydrogen) atoms. The Labute approximate surface area is 220 Å². The van der Waals surface area contributed by atoms with Gasteiger partial charge < -0.3 is 19.6 Å². The fraction of sp³-hybridized carbons (Fsp3) is 0.269. The van der Waals surface area contributed by atoms with Crippen molar-refractivity contribution in [3.8, 4) is 11.5 Å². The first-order chi connectivity index (χ1) is 17.5. The molecule has 1 spiro atoms. The molecule has 11 heteroatoms. The molecule has 1 fully saturated rings. The number of nitrogens with zero attached hydrogens (tertiary/aromatic N) is 1. The summed E-state index contributed by atoms with van der Waals surface area (Å²) >= 11 is 5.56. The summed E-state index contributed by atoms with van der Waals surface area (Å²) in [4.78, 5) is 10.1. The second-order valence-corrected chi connectivity index (χ2v) is 11.8. The van der Waals surface area contributed by atoms with E-state index in [1.165, 1.54) is 24.3 Å². The van der Waals surface area contributed by atoms with Crippen LogP contribution in [0.5, 0.6) is 11.5 Å². The maximum atomic E-state index is 13.0. The van der Waals surface area contributed by atoms with Crippen LogP contribution in [0.1, 0.15) is 43.9 Å². The maximum absolute atomic E-state index is 13.0. The van der Waals surface area contributed by atoms with Crippen LogP contribution in [0, 0.1) is 10.1 Å². The van der Waals surface area contributed by atoms with Gasteiger partial charge in [0.2, 0.25) is 0 Å². The lowest BCUT2D eigenvalue weighted by Gasteiger charge is -2.51. The van der Waals surface area contributed by atoms with E-state index < -0.39 is 31.2 Å². The van der Waals surface area contributed by atoms with Gasteiger partial charge in [0.25, 0.3) is 5.69 Å². The largest absolute Gasteiger partial charge is 0.485 e. The highest BCUT2D eigenvalue weighted by Gasteiger charge is 2.49. The lowest BCUT2D eigenvalue weighted by Crippen LogP contribution is -2.65. The summed E-state index contributed by atoms with van der Waals surface area (Å²) in [6.07, 6.45) is 0.957. The molecule has 3 aromatic carbocycles. The Morgan fingerprint density at radius 2 is 1.76 bits per heavy atom. The fourth-order valence-corrected chi connectivity index (χ4v) is 6.76. The van der Waals surface area contributed by atoms with Crippen molar-refractivity contribution < 1.29 is 22.3 Å². The zero-order valence-corrected chi connectivity index (χ0v) is 21.8. The molecular weight excluding hydrogens is 514 g/mol. The monoisotopic (exact) mass is 539 g/mol. The number of nitrogens with one attached hydrogen (secondary N) is 2. The van der Waals surface area contributed by atoms with E-state index in [4.69, 9.17) is 21.1 Å². The molecule has 0 aromatic heterocycles. The molecule has 0 aliphatic carbocycles. The highest BCUT2D eigenvalue weighted by Crippen LogP contribution is 2.50. The number of nitro groups is 1. The molecule has 1 saturated heterocycles. The highest BCUT2D eigenvalue weighted by atomic mass is 32.2. The lowest BCUT2D eigenvalue weighted by atomic mass is 9.72. The van der Waals surface area contributed by atoms with E-state index in [1.807, 2.05) is 30.3 Å². The van der Waals surface area contributed by atoms with Crippen molar-refractivity contribution in [3.63, 3.8) is 0 Å². The first-order valence-corrected chi connectivity index (χ1v) is 13.4. The second kappa shape index (κ2) is 9.00. The van der Waals surface area contributed by atoms with Crippen LogP contribution in [0.15, 0.2) is 77.7 Å². The Kier molecular flexibility index (Phi) is 6.07. The van der Waals surface area contributed by atoms with Crippen LogP contribution in [0.4, 0.5) is 5.69 Å². The molecule has 2 aliphatic heterocycles. The van der Waals surface area contributed by atoms with Gasteiger partial charge in [-0.1, -0.05) is 42.5 Å². The van der Waals surface area contributed by atoms with E-state index in [0.29, 0.717) is 23.7 Å². The minimum absolute atomic E-state index is 0.0171. The quantitative estimate of drug-likeness (QED) is 0.205. The molecule has 0 amide bonds. The predicted octanol–water partition coefficient (Wildman–Crippen LogP) is 4.73. The van der Waals surface area contributed by atoms with Crippen LogP contribution >= 0.6 is 12.2 Å². The molecule has 2 heterocycles. The van der Waals surface area contributed by atoms with Crippen molar-refractivity contribution in [1.82, 2.24) is 10.6 Å². The molecule has 0 bridgehead atoms. The lowest BCUT2D eigenvalue weighted by molar-refractivity contribution is -0.387. The summed E-state index contributed by atoms with van der Waals surface area (Å²) in [5.41, 5.74) is 0.357. The summed E-state index contributed by atoms with van der Waals surface area (Å²) in [6.45, 7) is 4.15. The van der Waals surface area contributed by atoms with Crippen LogP contribution in [0.2, 0.25) is 0 Å². The second-order valence-electron chi connectivity index (χ2n) is 9.86. The summed E-state index contributed by atoms with van der Waals surface area (Å²) in [7, 11) is -4.49. The number of para-hydroxylation sites is 1. The highest BCUT2D eigenvalue weighted by molar-refractivity contribution is 7.87. The van der Waals surface area contributed by atoms with E-state index in [1.54, 1.807) is 6.07 Å². The molecule has 2 aliphatic rings. The molecule has 0 radical (unpaired) electrons. The first kappa shape index (κ1) is 25.0. The van der Waals surface area contributed by atoms with Gasteiger partial charge >= 0.3 is 10.1 Å². The number of rotatable bonds is 5. The van der Waals surface area contributed by atoms with Gasteiger partial charge in [0.1, 0.15) is 17.6 Å². The Morgan fingerprint density at radius 1 is 1.05 bits per heavy atom. The van der Waals surface area contributed by atoms with E-state index in [-0.39, 0.29) is 17.4 Å². The van der Waals surface area contributed by atoms with Crippen LogP contribution in [0.3, 0.4) is 0 Å². The Hall–Kier alpha value is -3.70. The Morgan fingerprint density at radius 3 is 2.46 bits per heavy atom. The van der Waals surface area contributed by atoms with Gasteiger partial charge in [0, 0.05) is 29.7 Å². The van der Waals surface area contributed by atoms with E-state index >= 15 is 0 Å². The molecule has 192 valence electrons. The average Bonchev–Trinajstić information content (AvgIpc) is 2.82. The van der Waals surface area contributed by atoms with Crippen molar-refractivity contribution in [2.45, 2.75) is 48.8 Å². The smallest absolute Gasteiger partial charge is 0.346 e. The van der Waals surface area contributed by atoms with Crippen LogP contribution in [-0.2, 0) is 15.7 Å². The van der Waals surface area contributed by atoms with Crippen molar-refractivity contribution in [2.24, 2.45) is 0 Å². The maximum Gasteiger partial charge on any atom is 0.346 e. The third kappa shape index (κ3) is 4.84. The van der Waals surface area contributed by atoms with Crippen molar-refractivity contribution in [3.05, 3.63) is 94.0 Å². The zero-order chi connectivity index (χ0) is 26.4. The topological polar surface area (TPSA) is 120 Å². The Bertz CT molecular complexity index is 1490. The summed E-state index contributed by atoms with van der Waals surface area (Å²) in [6, 6.07) is 19.6. The molecule has 5 rings (SSSR count). The molecule has 2 atom stereocenters. The van der Waals surface area contributed by atoms with Gasteiger partial charge in [0.05, 0.1) is 10.5 Å².